The molecule has 8 heteroatoms. The highest BCUT2D eigenvalue weighted by Crippen LogP contribution is 2.20. The number of benzene rings is 1. The molecular weight excluding hydrogens is 387 g/mol. The largest absolute Gasteiger partial charge is 0.497 e. The number of hydrogen-bond donors (Lipinski definition) is 3. The van der Waals surface area contributed by atoms with E-state index < -0.39 is 17.6 Å². The number of amides is 2. The van der Waals surface area contributed by atoms with Crippen LogP contribution in [0, 0.1) is 5.82 Å². The van der Waals surface area contributed by atoms with Gasteiger partial charge in [0, 0.05) is 44.8 Å². The fourth-order valence-electron chi connectivity index (χ4n) is 2.87. The Morgan fingerprint density at radius 3 is 2.77 bits per heavy atom. The van der Waals surface area contributed by atoms with Gasteiger partial charge in [-0.05, 0) is 25.1 Å². The van der Waals surface area contributed by atoms with Gasteiger partial charge in [-0.1, -0.05) is 24.8 Å². The third-order valence-corrected chi connectivity index (χ3v) is 4.66. The molecule has 1 saturated heterocycles. The van der Waals surface area contributed by atoms with Crippen LogP contribution in [0.15, 0.2) is 54.3 Å². The zero-order valence-electron chi connectivity index (χ0n) is 17.5. The van der Waals surface area contributed by atoms with E-state index in [2.05, 4.69) is 27.4 Å². The van der Waals surface area contributed by atoms with E-state index in [9.17, 15) is 14.0 Å². The summed E-state index contributed by atoms with van der Waals surface area (Å²) in [6.07, 6.45) is 4.80. The maximum Gasteiger partial charge on any atom is 0.256 e. The number of rotatable bonds is 9. The van der Waals surface area contributed by atoms with Gasteiger partial charge in [0.15, 0.2) is 0 Å². The summed E-state index contributed by atoms with van der Waals surface area (Å²) in [5, 5.41) is 8.62. The Balaban J connectivity index is 2.01. The molecule has 1 fully saturated rings. The first kappa shape index (κ1) is 23.3. The molecule has 1 aromatic rings. The van der Waals surface area contributed by atoms with Gasteiger partial charge in [-0.3, -0.25) is 14.5 Å². The van der Waals surface area contributed by atoms with Crippen LogP contribution in [-0.2, 0) is 9.53 Å². The molecule has 0 bridgehead atoms. The quantitative estimate of drug-likeness (QED) is 0.326. The van der Waals surface area contributed by atoms with Crippen molar-refractivity contribution in [1.29, 1.82) is 0 Å². The number of allylic oxidation sites excluding steroid dienone is 3. The van der Waals surface area contributed by atoms with E-state index in [1.165, 1.54) is 25.3 Å². The van der Waals surface area contributed by atoms with Crippen LogP contribution >= 0.6 is 0 Å². The highest BCUT2D eigenvalue weighted by Gasteiger charge is 2.19. The summed E-state index contributed by atoms with van der Waals surface area (Å²) in [4.78, 5) is 27.2. The minimum absolute atomic E-state index is 0.123. The lowest BCUT2D eigenvalue weighted by atomic mass is 10.1. The second-order valence-corrected chi connectivity index (χ2v) is 6.84. The molecule has 1 aliphatic heterocycles. The molecule has 0 unspecified atom stereocenters. The summed E-state index contributed by atoms with van der Waals surface area (Å²) in [5.74, 6) is -1.24. The van der Waals surface area contributed by atoms with Gasteiger partial charge in [-0.2, -0.15) is 0 Å². The molecule has 162 valence electrons. The molecular formula is C22H29FN4O3. The SMILES string of the molecule is C=C(/C=C\C=C(/C)C(=O)Nc1cccc(F)c1C(=O)NCCN1CCNCC1)OC. The molecule has 2 rings (SSSR count). The first-order chi connectivity index (χ1) is 14.4. The second-order valence-electron chi connectivity index (χ2n) is 6.84. The van der Waals surface area contributed by atoms with Crippen LogP contribution in [0.4, 0.5) is 10.1 Å². The number of nitrogens with zero attached hydrogens (tertiary/aromatic N) is 1. The van der Waals surface area contributed by atoms with Gasteiger partial charge in [-0.15, -0.1) is 0 Å². The zero-order valence-corrected chi connectivity index (χ0v) is 17.5. The Kier molecular flexibility index (Phi) is 9.24. The molecule has 2 amide bonds. The van der Waals surface area contributed by atoms with Crippen molar-refractivity contribution in [3.05, 3.63) is 65.7 Å². The molecule has 0 radical (unpaired) electrons. The van der Waals surface area contributed by atoms with Gasteiger partial charge in [0.25, 0.3) is 11.8 Å². The van der Waals surface area contributed by atoms with Crippen molar-refractivity contribution < 1.29 is 18.7 Å². The van der Waals surface area contributed by atoms with Gasteiger partial charge >= 0.3 is 0 Å². The molecule has 7 nitrogen and oxygen atoms in total. The number of hydrogen-bond acceptors (Lipinski definition) is 5. The molecule has 3 N–H and O–H groups in total. The lowest BCUT2D eigenvalue weighted by Crippen LogP contribution is -2.46. The summed E-state index contributed by atoms with van der Waals surface area (Å²) in [6, 6.07) is 4.15. The molecule has 1 aromatic carbocycles. The Morgan fingerprint density at radius 1 is 1.33 bits per heavy atom. The van der Waals surface area contributed by atoms with E-state index in [1.54, 1.807) is 25.2 Å². The maximum absolute atomic E-state index is 14.4. The minimum Gasteiger partial charge on any atom is -0.497 e. The second kappa shape index (κ2) is 11.9. The third-order valence-electron chi connectivity index (χ3n) is 4.66. The number of halogens is 1. The smallest absolute Gasteiger partial charge is 0.256 e. The summed E-state index contributed by atoms with van der Waals surface area (Å²) in [7, 11) is 1.50. The molecule has 1 heterocycles. The number of carbonyl (C=O) groups excluding carboxylic acids is 2. The van der Waals surface area contributed by atoms with Crippen LogP contribution in [-0.4, -0.2) is 63.1 Å². The number of carbonyl (C=O) groups is 2. The van der Waals surface area contributed by atoms with Gasteiger partial charge < -0.3 is 20.7 Å². The van der Waals surface area contributed by atoms with Crippen molar-refractivity contribution >= 4 is 17.5 Å². The van der Waals surface area contributed by atoms with Crippen LogP contribution in [0.5, 0.6) is 0 Å². The van der Waals surface area contributed by atoms with Crippen LogP contribution < -0.4 is 16.0 Å². The van der Waals surface area contributed by atoms with Crippen LogP contribution in [0.25, 0.3) is 0 Å². The van der Waals surface area contributed by atoms with Crippen molar-refractivity contribution in [2.75, 3.05) is 51.7 Å². The standard InChI is InChI=1S/C22H29FN4O3/c1-16(6-4-7-17(2)30-3)21(28)26-19-9-5-8-18(23)20(19)22(29)25-12-15-27-13-10-24-11-14-27/h4-9,24H,2,10-15H2,1,3H3,(H,25,29)(H,26,28)/b7-4-,16-6+. The zero-order chi connectivity index (χ0) is 21.9. The monoisotopic (exact) mass is 416 g/mol. The van der Waals surface area contributed by atoms with Gasteiger partial charge in [0.05, 0.1) is 18.4 Å². The summed E-state index contributed by atoms with van der Waals surface area (Å²) in [6.45, 7) is 10.00. The highest BCUT2D eigenvalue weighted by molar-refractivity contribution is 6.08. The average Bonchev–Trinajstić information content (AvgIpc) is 2.74. The molecule has 0 spiro atoms. The molecule has 0 aliphatic carbocycles. The summed E-state index contributed by atoms with van der Waals surface area (Å²) in [5.41, 5.74) is 0.324. The first-order valence-corrected chi connectivity index (χ1v) is 9.81. The van der Waals surface area contributed by atoms with Crippen LogP contribution in [0.3, 0.4) is 0 Å². The maximum atomic E-state index is 14.4. The van der Waals surface area contributed by atoms with Gasteiger partial charge in [0.1, 0.15) is 11.6 Å². The summed E-state index contributed by atoms with van der Waals surface area (Å²) < 4.78 is 19.3. The molecule has 0 saturated carbocycles. The Labute approximate surface area is 176 Å². The van der Waals surface area contributed by atoms with Crippen molar-refractivity contribution in [3.8, 4) is 0 Å². The van der Waals surface area contributed by atoms with Crippen LogP contribution in [0.1, 0.15) is 17.3 Å². The first-order valence-electron chi connectivity index (χ1n) is 9.81. The van der Waals surface area contributed by atoms with Crippen molar-refractivity contribution in [2.24, 2.45) is 0 Å². The predicted octanol–water partition coefficient (Wildman–Crippen LogP) is 2.06. The van der Waals surface area contributed by atoms with E-state index in [0.717, 1.165) is 26.2 Å². The Bertz CT molecular complexity index is 830. The van der Waals surface area contributed by atoms with Crippen LogP contribution in [0.2, 0.25) is 0 Å². The van der Waals surface area contributed by atoms with Gasteiger partial charge in [-0.25, -0.2) is 4.39 Å². The number of ether oxygens (including phenoxy) is 1. The predicted molar refractivity (Wildman–Crippen MR) is 116 cm³/mol. The Morgan fingerprint density at radius 2 is 2.07 bits per heavy atom. The number of nitrogens with one attached hydrogen (secondary N) is 3. The molecule has 0 atom stereocenters. The minimum atomic E-state index is -0.689. The van der Waals surface area contributed by atoms with E-state index in [-0.39, 0.29) is 11.3 Å². The number of methoxy groups -OCH3 is 1. The molecule has 0 aromatic heterocycles. The van der Waals surface area contributed by atoms with Crippen molar-refractivity contribution in [3.63, 3.8) is 0 Å². The van der Waals surface area contributed by atoms with E-state index >= 15 is 0 Å². The lowest BCUT2D eigenvalue weighted by molar-refractivity contribution is -0.112. The Hall–Kier alpha value is -2.97. The van der Waals surface area contributed by atoms with Gasteiger partial charge in [0.2, 0.25) is 0 Å². The molecule has 1 aliphatic rings. The molecule has 30 heavy (non-hydrogen) atoms. The average molecular weight is 416 g/mol. The van der Waals surface area contributed by atoms with E-state index in [0.29, 0.717) is 24.4 Å². The summed E-state index contributed by atoms with van der Waals surface area (Å²) >= 11 is 0. The fourth-order valence-corrected chi connectivity index (χ4v) is 2.87. The topological polar surface area (TPSA) is 82.7 Å². The van der Waals surface area contributed by atoms with Crippen molar-refractivity contribution in [1.82, 2.24) is 15.5 Å². The number of anilines is 1. The third kappa shape index (κ3) is 7.13. The van der Waals surface area contributed by atoms with E-state index in [4.69, 9.17) is 4.74 Å². The van der Waals surface area contributed by atoms with Crippen molar-refractivity contribution in [2.45, 2.75) is 6.92 Å². The highest BCUT2D eigenvalue weighted by atomic mass is 19.1. The van der Waals surface area contributed by atoms with E-state index in [1.807, 2.05) is 0 Å². The lowest BCUT2D eigenvalue weighted by Gasteiger charge is -2.27. The fraction of sp³-hybridized carbons (Fsp3) is 0.364. The normalized spacial score (nSPS) is 15.1. The number of piperazine rings is 1.